The van der Waals surface area contributed by atoms with Crippen LogP contribution in [-0.2, 0) is 17.8 Å². The van der Waals surface area contributed by atoms with E-state index in [0.717, 1.165) is 4.31 Å². The molecule has 0 spiro atoms. The van der Waals surface area contributed by atoms with Crippen molar-refractivity contribution in [2.75, 3.05) is 4.31 Å². The summed E-state index contributed by atoms with van der Waals surface area (Å²) < 4.78 is 25.7. The number of nitrogens with one attached hydrogen (secondary N) is 1. The van der Waals surface area contributed by atoms with Crippen LogP contribution in [0.1, 0.15) is 16.1 Å². The van der Waals surface area contributed by atoms with Crippen LogP contribution in [0.5, 0.6) is 0 Å². The number of aromatic nitrogens is 2. The Morgan fingerprint density at radius 3 is 2.56 bits per heavy atom. The molecule has 0 saturated carbocycles. The summed E-state index contributed by atoms with van der Waals surface area (Å²) in [7, 11) is 0. The summed E-state index contributed by atoms with van der Waals surface area (Å²) in [5.74, 6) is -1.15. The Bertz CT molecular complexity index is 1380. The van der Waals surface area contributed by atoms with Gasteiger partial charge in [0.15, 0.2) is 0 Å². The third-order valence-electron chi connectivity index (χ3n) is 4.80. The summed E-state index contributed by atoms with van der Waals surface area (Å²) in [6.45, 7) is -0.0421. The Morgan fingerprint density at radius 1 is 1.12 bits per heavy atom. The van der Waals surface area contributed by atoms with Gasteiger partial charge in [-0.1, -0.05) is 40.9 Å². The number of pyridine rings is 1. The van der Waals surface area contributed by atoms with Crippen molar-refractivity contribution in [1.29, 1.82) is 0 Å². The maximum absolute atomic E-state index is 12.3. The topological polar surface area (TPSA) is 109 Å². The normalized spacial score (nSPS) is 12.1. The molecule has 0 bridgehead atoms. The molecule has 0 saturated heterocycles. The Morgan fingerprint density at radius 2 is 1.91 bits per heavy atom. The molecule has 2 aromatic carbocycles. The highest BCUT2D eigenvalue weighted by Crippen LogP contribution is 2.41. The van der Waals surface area contributed by atoms with Crippen molar-refractivity contribution in [3.63, 3.8) is 0 Å². The number of aromatic amines is 1. The minimum absolute atomic E-state index is 0.0421. The molecule has 164 valence electrons. The Kier molecular flexibility index (Phi) is 6.41. The summed E-state index contributed by atoms with van der Waals surface area (Å²) in [6, 6.07) is 12.8. The molecule has 2 N–H and O–H groups in total. The zero-order valence-electron chi connectivity index (χ0n) is 16.0. The summed E-state index contributed by atoms with van der Waals surface area (Å²) >= 11 is 15.7. The molecule has 2 aromatic heterocycles. The van der Waals surface area contributed by atoms with Gasteiger partial charge < -0.3 is 14.6 Å². The predicted octanol–water partition coefficient (Wildman–Crippen LogP) is 5.69. The molecular formula is C21H13Cl3N3O4S-. The zero-order chi connectivity index (χ0) is 23.0. The molecule has 32 heavy (non-hydrogen) atoms. The van der Waals surface area contributed by atoms with Crippen molar-refractivity contribution >= 4 is 68.6 Å². The minimum atomic E-state index is -2.69. The van der Waals surface area contributed by atoms with Crippen LogP contribution in [0.15, 0.2) is 54.7 Å². The van der Waals surface area contributed by atoms with Gasteiger partial charge in [0, 0.05) is 39.5 Å². The number of hydrogen-bond acceptors (Lipinski definition) is 4. The number of halogens is 3. The molecule has 0 aliphatic carbocycles. The number of carboxylic acid groups (broad SMARTS) is 1. The van der Waals surface area contributed by atoms with Crippen LogP contribution in [0.25, 0.3) is 22.0 Å². The van der Waals surface area contributed by atoms with Gasteiger partial charge in [-0.05, 0) is 48.0 Å². The van der Waals surface area contributed by atoms with Crippen LogP contribution in [0.3, 0.4) is 0 Å². The number of benzene rings is 2. The first kappa shape index (κ1) is 22.6. The number of aromatic carboxylic acids is 1. The fourth-order valence-corrected chi connectivity index (χ4v) is 4.49. The zero-order valence-corrected chi connectivity index (χ0v) is 19.1. The highest BCUT2D eigenvalue weighted by Gasteiger charge is 2.21. The maximum Gasteiger partial charge on any atom is 0.352 e. The van der Waals surface area contributed by atoms with E-state index in [1.54, 1.807) is 42.5 Å². The summed E-state index contributed by atoms with van der Waals surface area (Å²) in [4.78, 5) is 18.4. The van der Waals surface area contributed by atoms with E-state index in [0.29, 0.717) is 43.3 Å². The van der Waals surface area contributed by atoms with E-state index in [9.17, 15) is 18.7 Å². The third kappa shape index (κ3) is 4.32. The standard InChI is InChI=1S/C21H14Cl3N3O4S/c22-14-4-3-11(8-15(14)23)10-27(32(30)31)18-6-5-16-13(9-17(26-16)21(28)29)19(18)12-2-1-7-25-20(12)24/h1-9,26H,10H2,(H,28,29)(H,30,31)/p-1. The Labute approximate surface area is 200 Å². The van der Waals surface area contributed by atoms with Gasteiger partial charge in [0.25, 0.3) is 0 Å². The number of nitrogens with zero attached hydrogens (tertiary/aromatic N) is 2. The number of carbonyl (C=O) groups is 1. The smallest absolute Gasteiger partial charge is 0.352 e. The van der Waals surface area contributed by atoms with Crippen molar-refractivity contribution in [2.24, 2.45) is 0 Å². The van der Waals surface area contributed by atoms with Gasteiger partial charge in [-0.25, -0.2) is 9.78 Å². The van der Waals surface area contributed by atoms with Gasteiger partial charge in [-0.15, -0.1) is 0 Å². The van der Waals surface area contributed by atoms with Crippen LogP contribution in [0.2, 0.25) is 15.2 Å². The second-order valence-electron chi connectivity index (χ2n) is 6.75. The average Bonchev–Trinajstić information content (AvgIpc) is 3.19. The highest BCUT2D eigenvalue weighted by atomic mass is 35.5. The van der Waals surface area contributed by atoms with Crippen molar-refractivity contribution in [2.45, 2.75) is 6.54 Å². The van der Waals surface area contributed by atoms with E-state index in [-0.39, 0.29) is 17.4 Å². The van der Waals surface area contributed by atoms with Gasteiger partial charge in [-0.3, -0.25) is 8.51 Å². The van der Waals surface area contributed by atoms with Gasteiger partial charge in [-0.2, -0.15) is 0 Å². The maximum atomic E-state index is 12.3. The van der Waals surface area contributed by atoms with E-state index >= 15 is 0 Å². The van der Waals surface area contributed by atoms with Crippen LogP contribution in [0.4, 0.5) is 5.69 Å². The predicted molar refractivity (Wildman–Crippen MR) is 125 cm³/mol. The van der Waals surface area contributed by atoms with Crippen LogP contribution in [0, 0.1) is 0 Å². The number of rotatable bonds is 6. The monoisotopic (exact) mass is 508 g/mol. The molecule has 7 nitrogen and oxygen atoms in total. The van der Waals surface area contributed by atoms with E-state index < -0.39 is 17.2 Å². The van der Waals surface area contributed by atoms with Gasteiger partial charge in [0.1, 0.15) is 10.8 Å². The highest BCUT2D eigenvalue weighted by molar-refractivity contribution is 7.80. The molecule has 0 radical (unpaired) electrons. The molecule has 0 aliphatic heterocycles. The van der Waals surface area contributed by atoms with Gasteiger partial charge in [0.2, 0.25) is 0 Å². The molecule has 0 amide bonds. The largest absolute Gasteiger partial charge is 0.755 e. The van der Waals surface area contributed by atoms with Crippen molar-refractivity contribution in [3.8, 4) is 11.1 Å². The lowest BCUT2D eigenvalue weighted by molar-refractivity contribution is 0.0691. The van der Waals surface area contributed by atoms with Crippen molar-refractivity contribution in [1.82, 2.24) is 9.97 Å². The summed E-state index contributed by atoms with van der Waals surface area (Å²) in [5, 5.41) is 10.7. The quantitative estimate of drug-likeness (QED) is 0.256. The SMILES string of the molecule is O=C(O)c1cc2c(-c3cccnc3Cl)c(N(Cc3ccc(Cl)c(Cl)c3)S(=O)[O-])ccc2[nH]1. The molecule has 0 fully saturated rings. The summed E-state index contributed by atoms with van der Waals surface area (Å²) in [5.41, 5.74) is 2.24. The van der Waals surface area contributed by atoms with Crippen LogP contribution in [-0.4, -0.2) is 29.8 Å². The molecular weight excluding hydrogens is 497 g/mol. The van der Waals surface area contributed by atoms with Gasteiger partial charge >= 0.3 is 5.97 Å². The average molecular weight is 510 g/mol. The first-order valence-corrected chi connectivity index (χ1v) is 11.2. The first-order chi connectivity index (χ1) is 15.3. The Hall–Kier alpha value is -2.62. The summed E-state index contributed by atoms with van der Waals surface area (Å²) in [6.07, 6.45) is 1.50. The van der Waals surface area contributed by atoms with E-state index in [1.807, 2.05) is 0 Å². The molecule has 2 heterocycles. The van der Waals surface area contributed by atoms with E-state index in [1.165, 1.54) is 12.3 Å². The second-order valence-corrected chi connectivity index (χ2v) is 8.80. The van der Waals surface area contributed by atoms with E-state index in [4.69, 9.17) is 34.8 Å². The molecule has 0 aliphatic rings. The van der Waals surface area contributed by atoms with Crippen LogP contribution < -0.4 is 4.31 Å². The van der Waals surface area contributed by atoms with Crippen LogP contribution >= 0.6 is 34.8 Å². The number of anilines is 1. The number of H-pyrrole nitrogens is 1. The number of hydrogen-bond donors (Lipinski definition) is 2. The third-order valence-corrected chi connectivity index (χ3v) is 6.53. The number of fused-ring (bicyclic) bond motifs is 1. The fraction of sp³-hybridized carbons (Fsp3) is 0.0476. The molecule has 1 unspecified atom stereocenters. The lowest BCUT2D eigenvalue weighted by Gasteiger charge is -2.29. The minimum Gasteiger partial charge on any atom is -0.755 e. The first-order valence-electron chi connectivity index (χ1n) is 9.07. The van der Waals surface area contributed by atoms with Crippen molar-refractivity contribution in [3.05, 3.63) is 81.2 Å². The van der Waals surface area contributed by atoms with Gasteiger partial charge in [0.05, 0.1) is 22.3 Å². The van der Waals surface area contributed by atoms with Crippen molar-refractivity contribution < 1.29 is 18.7 Å². The molecule has 4 aromatic rings. The lowest BCUT2D eigenvalue weighted by Crippen LogP contribution is -2.25. The molecule has 11 heteroatoms. The molecule has 4 rings (SSSR count). The number of carboxylic acids is 1. The Balaban J connectivity index is 1.95. The molecule has 1 atom stereocenters. The second kappa shape index (κ2) is 9.09. The fourth-order valence-electron chi connectivity index (χ4n) is 3.39. The lowest BCUT2D eigenvalue weighted by atomic mass is 10.0. The van der Waals surface area contributed by atoms with E-state index in [2.05, 4.69) is 9.97 Å².